The van der Waals surface area contributed by atoms with Gasteiger partial charge in [-0.1, -0.05) is 0 Å². The third-order valence-electron chi connectivity index (χ3n) is 0.973. The fourth-order valence-electron chi connectivity index (χ4n) is 0.512. The Morgan fingerprint density at radius 3 is 2.71 bits per heavy atom. The van der Waals surface area contributed by atoms with Gasteiger partial charge in [0, 0.05) is 0 Å². The molecule has 1 N–H and O–H groups in total. The van der Waals surface area contributed by atoms with Crippen molar-refractivity contribution in [3.63, 3.8) is 0 Å². The Balaban J connectivity index is 2.33. The molecular weight excluding hydrogens is 207 g/mol. The van der Waals surface area contributed by atoms with Crippen LogP contribution in [0.15, 0.2) is 0 Å². The summed E-state index contributed by atoms with van der Waals surface area (Å²) in [5.74, 6) is 0. The molecule has 0 spiro atoms. The Kier molecular flexibility index (Phi) is 1.88. The average molecular weight is 216 g/mol. The summed E-state index contributed by atoms with van der Waals surface area (Å²) in [6.07, 6.45) is 0. The summed E-state index contributed by atoms with van der Waals surface area (Å²) >= 11 is -1.51. The second kappa shape index (κ2) is 2.28. The maximum atomic E-state index is 9.03. The van der Waals surface area contributed by atoms with E-state index in [1.54, 1.807) is 0 Å². The van der Waals surface area contributed by atoms with Gasteiger partial charge in [-0.3, -0.25) is 0 Å². The Morgan fingerprint density at radius 1 is 1.86 bits per heavy atom. The number of alkyl halides is 2. The summed E-state index contributed by atoms with van der Waals surface area (Å²) in [6.45, 7) is 2.75. The van der Waals surface area contributed by atoms with Crippen molar-refractivity contribution in [2.24, 2.45) is 0 Å². The average Bonchev–Trinajstić information content (AvgIpc) is 1.91. The number of halogens is 1. The molecule has 0 radical (unpaired) electrons. The molecule has 1 heterocycles. The first kappa shape index (κ1) is 5.78. The quantitative estimate of drug-likeness (QED) is 0.478. The van der Waals surface area contributed by atoms with Crippen LogP contribution in [0.5, 0.6) is 0 Å². The van der Waals surface area contributed by atoms with Crippen LogP contribution in [-0.2, 0) is 4.74 Å². The first-order valence-corrected chi connectivity index (χ1v) is 5.99. The molecule has 1 saturated heterocycles. The molecule has 0 aliphatic carbocycles. The van der Waals surface area contributed by atoms with Crippen molar-refractivity contribution in [2.75, 3.05) is 11.0 Å². The molecule has 1 aliphatic heterocycles. The third kappa shape index (κ3) is 1.27. The summed E-state index contributed by atoms with van der Waals surface area (Å²) in [6, 6.07) is 0. The van der Waals surface area contributed by atoms with Crippen LogP contribution in [0, 0.1) is 0 Å². The summed E-state index contributed by atoms with van der Waals surface area (Å²) < 4.78 is 15.3. The molecule has 0 saturated carbocycles. The van der Waals surface area contributed by atoms with Crippen molar-refractivity contribution < 1.29 is 8.17 Å². The van der Waals surface area contributed by atoms with E-state index in [4.69, 9.17) is 8.17 Å². The van der Waals surface area contributed by atoms with Crippen molar-refractivity contribution in [1.29, 1.82) is 0 Å². The van der Waals surface area contributed by atoms with Gasteiger partial charge in [-0.25, -0.2) is 0 Å². The van der Waals surface area contributed by atoms with E-state index in [1.807, 2.05) is 6.92 Å². The summed E-state index contributed by atoms with van der Waals surface area (Å²) in [5, 5.41) is 0. The van der Waals surface area contributed by atoms with E-state index < -0.39 is 20.2 Å². The predicted molar refractivity (Wildman–Crippen MR) is 36.5 cm³/mol. The number of hydrogen-bond acceptors (Lipinski definition) is 2. The van der Waals surface area contributed by atoms with E-state index in [0.29, 0.717) is 0 Å². The molecule has 3 heteroatoms. The molecule has 0 aromatic rings. The monoisotopic (exact) mass is 216 g/mol. The fourth-order valence-corrected chi connectivity index (χ4v) is 2.76. The van der Waals surface area contributed by atoms with E-state index in [1.165, 1.54) is 0 Å². The molecule has 1 rings (SSSR count). The van der Waals surface area contributed by atoms with Crippen LogP contribution in [0.1, 0.15) is 6.92 Å². The minimum atomic E-state index is -1.51. The van der Waals surface area contributed by atoms with E-state index in [9.17, 15) is 0 Å². The third-order valence-corrected chi connectivity index (χ3v) is 4.90. The number of hydrogen-bond donors (Lipinski definition) is 1. The zero-order chi connectivity index (χ0) is 5.28. The summed E-state index contributed by atoms with van der Waals surface area (Å²) in [7, 11) is 0. The maximum absolute atomic E-state index is 9.03. The van der Waals surface area contributed by atoms with Crippen LogP contribution in [0.4, 0.5) is 0 Å². The fraction of sp³-hybridized carbons (Fsp3) is 1.00. The predicted octanol–water partition coefficient (Wildman–Crippen LogP) is 0.776. The number of rotatable bonds is 0. The van der Waals surface area contributed by atoms with Crippen LogP contribution >= 0.6 is 20.2 Å². The first-order valence-electron chi connectivity index (χ1n) is 2.26. The van der Waals surface area contributed by atoms with Gasteiger partial charge >= 0.3 is 50.5 Å². The van der Waals surface area contributed by atoms with Crippen molar-refractivity contribution in [3.05, 3.63) is 0 Å². The van der Waals surface area contributed by atoms with Crippen molar-refractivity contribution in [2.45, 2.75) is 11.0 Å². The van der Waals surface area contributed by atoms with Crippen LogP contribution in [-0.4, -0.2) is 18.6 Å². The van der Waals surface area contributed by atoms with E-state index in [-0.39, 0.29) is 4.11 Å². The molecule has 1 unspecified atom stereocenters. The molecule has 1 fully saturated rings. The van der Waals surface area contributed by atoms with Gasteiger partial charge in [0.2, 0.25) is 0 Å². The van der Waals surface area contributed by atoms with Gasteiger partial charge < -0.3 is 0 Å². The normalized spacial score (nSPS) is 36.9. The van der Waals surface area contributed by atoms with E-state index in [0.717, 1.165) is 11.0 Å². The van der Waals surface area contributed by atoms with Gasteiger partial charge in [0.05, 0.1) is 0 Å². The van der Waals surface area contributed by atoms with Crippen molar-refractivity contribution >= 4 is 20.2 Å². The molecule has 0 aromatic carbocycles. The van der Waals surface area contributed by atoms with Gasteiger partial charge in [0.15, 0.2) is 0 Å². The van der Waals surface area contributed by atoms with Gasteiger partial charge in [-0.15, -0.1) is 0 Å². The van der Waals surface area contributed by atoms with E-state index >= 15 is 0 Å². The minimum absolute atomic E-state index is 0.226. The Morgan fingerprint density at radius 2 is 2.57 bits per heavy atom. The molecule has 44 valence electrons. The SMILES string of the molecule is CC1OCCI1O. The van der Waals surface area contributed by atoms with Crippen molar-refractivity contribution in [1.82, 2.24) is 0 Å². The standard InChI is InChI=1S/C4H9IO2/c1-4-5(6)2-3-7-4/h4,6H,2-3H2,1H3. The molecule has 1 atom stereocenters. The van der Waals surface area contributed by atoms with Gasteiger partial charge in [0.1, 0.15) is 0 Å². The van der Waals surface area contributed by atoms with Crippen LogP contribution in [0.3, 0.4) is 0 Å². The topological polar surface area (TPSA) is 29.5 Å². The Hall–Kier alpha value is 0.650. The number of ether oxygens (including phenoxy) is 1. The molecule has 7 heavy (non-hydrogen) atoms. The molecular formula is C4H9IO2. The summed E-state index contributed by atoms with van der Waals surface area (Å²) in [4.78, 5) is 0. The van der Waals surface area contributed by atoms with Crippen LogP contribution in [0.25, 0.3) is 0 Å². The van der Waals surface area contributed by atoms with Gasteiger partial charge in [-0.2, -0.15) is 0 Å². The zero-order valence-electron chi connectivity index (χ0n) is 4.22. The van der Waals surface area contributed by atoms with Gasteiger partial charge in [-0.05, 0) is 0 Å². The van der Waals surface area contributed by atoms with E-state index in [2.05, 4.69) is 0 Å². The molecule has 0 bridgehead atoms. The summed E-state index contributed by atoms with van der Waals surface area (Å²) in [5.41, 5.74) is 0. The molecule has 0 aromatic heterocycles. The molecule has 0 amide bonds. The van der Waals surface area contributed by atoms with Crippen LogP contribution < -0.4 is 0 Å². The Bertz CT molecular complexity index is 58.7. The van der Waals surface area contributed by atoms with Crippen LogP contribution in [0.2, 0.25) is 0 Å². The Labute approximate surface area is 50.8 Å². The van der Waals surface area contributed by atoms with Gasteiger partial charge in [0.25, 0.3) is 0 Å². The molecule has 2 nitrogen and oxygen atoms in total. The molecule has 1 aliphatic rings. The van der Waals surface area contributed by atoms with Crippen molar-refractivity contribution in [3.8, 4) is 0 Å². The second-order valence-corrected chi connectivity index (χ2v) is 6.43. The zero-order valence-corrected chi connectivity index (χ0v) is 6.38. The second-order valence-electron chi connectivity index (χ2n) is 1.47. The first-order chi connectivity index (χ1) is 3.30.